The molecule has 1 heterocycles. The van der Waals surface area contributed by atoms with Gasteiger partial charge in [0.15, 0.2) is 0 Å². The van der Waals surface area contributed by atoms with Crippen molar-refractivity contribution in [2.24, 2.45) is 0 Å². The second kappa shape index (κ2) is 7.58. The maximum absolute atomic E-state index is 12.4. The molecule has 3 aromatic rings. The van der Waals surface area contributed by atoms with Gasteiger partial charge in [-0.15, -0.1) is 0 Å². The predicted molar refractivity (Wildman–Crippen MR) is 105 cm³/mol. The molecule has 1 N–H and O–H groups in total. The molecule has 0 bridgehead atoms. The third kappa shape index (κ3) is 4.40. The normalized spacial score (nSPS) is 11.2. The second-order valence-electron chi connectivity index (χ2n) is 6.17. The van der Waals surface area contributed by atoms with E-state index >= 15 is 0 Å². The van der Waals surface area contributed by atoms with Gasteiger partial charge >= 0.3 is 0 Å². The molecule has 0 aliphatic rings. The van der Waals surface area contributed by atoms with Gasteiger partial charge in [0, 0.05) is 13.6 Å². The van der Waals surface area contributed by atoms with Gasteiger partial charge in [-0.2, -0.15) is 0 Å². The Balaban J connectivity index is 1.70. The molecule has 0 saturated heterocycles. The van der Waals surface area contributed by atoms with Gasteiger partial charge in [0.05, 0.1) is 16.8 Å². The highest BCUT2D eigenvalue weighted by molar-refractivity contribution is 7.92. The van der Waals surface area contributed by atoms with Gasteiger partial charge in [-0.1, -0.05) is 48.0 Å². The van der Waals surface area contributed by atoms with Gasteiger partial charge in [0.25, 0.3) is 10.0 Å². The van der Waals surface area contributed by atoms with Crippen LogP contribution < -0.4 is 9.62 Å². The van der Waals surface area contributed by atoms with Crippen molar-refractivity contribution in [3.05, 3.63) is 84.1 Å². The van der Waals surface area contributed by atoms with E-state index in [1.165, 1.54) is 11.8 Å². The molecule has 0 saturated carbocycles. The zero-order chi connectivity index (χ0) is 18.6. The summed E-state index contributed by atoms with van der Waals surface area (Å²) in [6, 6.07) is 20.3. The van der Waals surface area contributed by atoms with Crippen molar-refractivity contribution < 1.29 is 8.42 Å². The first-order valence-electron chi connectivity index (χ1n) is 8.25. The van der Waals surface area contributed by atoms with Crippen molar-refractivity contribution in [1.82, 2.24) is 4.98 Å². The monoisotopic (exact) mass is 367 g/mol. The Hall–Kier alpha value is -2.86. The van der Waals surface area contributed by atoms with Crippen LogP contribution in [-0.2, 0) is 16.6 Å². The Morgan fingerprint density at radius 3 is 2.27 bits per heavy atom. The summed E-state index contributed by atoms with van der Waals surface area (Å²) in [6.07, 6.45) is 1.53. The smallest absolute Gasteiger partial charge is 0.261 e. The molecule has 2 aromatic carbocycles. The molecule has 26 heavy (non-hydrogen) atoms. The molecule has 5 nitrogen and oxygen atoms in total. The first kappa shape index (κ1) is 17.9. The minimum Gasteiger partial charge on any atom is -0.355 e. The minimum absolute atomic E-state index is 0.230. The quantitative estimate of drug-likeness (QED) is 0.719. The summed E-state index contributed by atoms with van der Waals surface area (Å²) in [6.45, 7) is 2.64. The van der Waals surface area contributed by atoms with Crippen LogP contribution in [0.4, 0.5) is 11.5 Å². The summed E-state index contributed by atoms with van der Waals surface area (Å²) in [5, 5.41) is 0. The van der Waals surface area contributed by atoms with E-state index in [-0.39, 0.29) is 4.90 Å². The fourth-order valence-corrected chi connectivity index (χ4v) is 3.59. The standard InChI is InChI=1S/C20H21N3O2S/c1-16-8-11-19(12-9-16)26(24,25)22-18-10-13-20(21-14-18)23(2)15-17-6-4-3-5-7-17/h3-14,22H,15H2,1-2H3. The number of benzene rings is 2. The number of rotatable bonds is 6. The molecule has 1 aromatic heterocycles. The van der Waals surface area contributed by atoms with Crippen molar-refractivity contribution in [2.45, 2.75) is 18.4 Å². The highest BCUT2D eigenvalue weighted by Crippen LogP contribution is 2.19. The first-order valence-corrected chi connectivity index (χ1v) is 9.73. The average Bonchev–Trinajstić information content (AvgIpc) is 2.63. The van der Waals surface area contributed by atoms with Gasteiger partial charge < -0.3 is 4.90 Å². The Labute approximate surface area is 154 Å². The Morgan fingerprint density at radius 1 is 0.962 bits per heavy atom. The predicted octanol–water partition coefficient (Wildman–Crippen LogP) is 3.83. The van der Waals surface area contributed by atoms with E-state index in [1.807, 2.05) is 37.1 Å². The molecule has 0 spiro atoms. The van der Waals surface area contributed by atoms with E-state index in [0.717, 1.165) is 17.9 Å². The number of anilines is 2. The number of hydrogen-bond acceptors (Lipinski definition) is 4. The first-order chi connectivity index (χ1) is 12.4. The van der Waals surface area contributed by atoms with E-state index in [1.54, 1.807) is 36.4 Å². The van der Waals surface area contributed by atoms with Crippen LogP contribution in [0.15, 0.2) is 77.8 Å². The van der Waals surface area contributed by atoms with Crippen molar-refractivity contribution >= 4 is 21.5 Å². The summed E-state index contributed by atoms with van der Waals surface area (Å²) < 4.78 is 27.4. The highest BCUT2D eigenvalue weighted by atomic mass is 32.2. The van der Waals surface area contributed by atoms with Gasteiger partial charge in [-0.05, 0) is 36.8 Å². The molecular formula is C20H21N3O2S. The zero-order valence-electron chi connectivity index (χ0n) is 14.8. The van der Waals surface area contributed by atoms with Crippen molar-refractivity contribution in [3.63, 3.8) is 0 Å². The van der Waals surface area contributed by atoms with Crippen LogP contribution in [0.25, 0.3) is 0 Å². The molecular weight excluding hydrogens is 346 g/mol. The van der Waals surface area contributed by atoms with E-state index in [0.29, 0.717) is 5.69 Å². The Morgan fingerprint density at radius 2 is 1.65 bits per heavy atom. The van der Waals surface area contributed by atoms with Crippen LogP contribution in [0, 0.1) is 6.92 Å². The molecule has 0 unspecified atom stereocenters. The van der Waals surface area contributed by atoms with Crippen LogP contribution in [0.2, 0.25) is 0 Å². The van der Waals surface area contributed by atoms with E-state index in [9.17, 15) is 8.42 Å². The molecule has 134 valence electrons. The SMILES string of the molecule is Cc1ccc(S(=O)(=O)Nc2ccc(N(C)Cc3ccccc3)nc2)cc1. The van der Waals surface area contributed by atoms with Crippen LogP contribution in [0.3, 0.4) is 0 Å². The molecule has 6 heteroatoms. The van der Waals surface area contributed by atoms with Gasteiger partial charge in [-0.3, -0.25) is 4.72 Å². The summed E-state index contributed by atoms with van der Waals surface area (Å²) >= 11 is 0. The van der Waals surface area contributed by atoms with Gasteiger partial charge in [-0.25, -0.2) is 13.4 Å². The third-order valence-corrected chi connectivity index (χ3v) is 5.38. The van der Waals surface area contributed by atoms with E-state index < -0.39 is 10.0 Å². The number of aromatic nitrogens is 1. The second-order valence-corrected chi connectivity index (χ2v) is 7.85. The van der Waals surface area contributed by atoms with Crippen LogP contribution >= 0.6 is 0 Å². The van der Waals surface area contributed by atoms with Crippen molar-refractivity contribution in [1.29, 1.82) is 0 Å². The lowest BCUT2D eigenvalue weighted by Gasteiger charge is -2.18. The number of pyridine rings is 1. The minimum atomic E-state index is -3.62. The topological polar surface area (TPSA) is 62.3 Å². The van der Waals surface area contributed by atoms with E-state index in [2.05, 4.69) is 21.8 Å². The number of nitrogens with one attached hydrogen (secondary N) is 1. The molecule has 0 aliphatic heterocycles. The fraction of sp³-hybridized carbons (Fsp3) is 0.150. The maximum atomic E-state index is 12.4. The lowest BCUT2D eigenvalue weighted by Crippen LogP contribution is -2.18. The Kier molecular flexibility index (Phi) is 5.23. The molecule has 0 fully saturated rings. The number of sulfonamides is 1. The van der Waals surface area contributed by atoms with Crippen molar-refractivity contribution in [3.8, 4) is 0 Å². The van der Waals surface area contributed by atoms with Crippen LogP contribution in [0.1, 0.15) is 11.1 Å². The van der Waals surface area contributed by atoms with Crippen molar-refractivity contribution in [2.75, 3.05) is 16.7 Å². The lowest BCUT2D eigenvalue weighted by molar-refractivity contribution is 0.601. The molecule has 3 rings (SSSR count). The number of hydrogen-bond donors (Lipinski definition) is 1. The highest BCUT2D eigenvalue weighted by Gasteiger charge is 2.14. The average molecular weight is 367 g/mol. The maximum Gasteiger partial charge on any atom is 0.261 e. The fourth-order valence-electron chi connectivity index (χ4n) is 2.54. The lowest BCUT2D eigenvalue weighted by atomic mass is 10.2. The summed E-state index contributed by atoms with van der Waals surface area (Å²) in [5.74, 6) is 0.770. The Bertz CT molecular complexity index is 954. The van der Waals surface area contributed by atoms with Gasteiger partial charge in [0.2, 0.25) is 0 Å². The van der Waals surface area contributed by atoms with Gasteiger partial charge in [0.1, 0.15) is 5.82 Å². The number of aryl methyl sites for hydroxylation is 1. The molecule has 0 amide bonds. The molecule has 0 radical (unpaired) electrons. The van der Waals surface area contributed by atoms with E-state index in [4.69, 9.17) is 0 Å². The summed E-state index contributed by atoms with van der Waals surface area (Å²) in [5.41, 5.74) is 2.62. The largest absolute Gasteiger partial charge is 0.355 e. The summed E-state index contributed by atoms with van der Waals surface area (Å²) in [7, 11) is -1.67. The molecule has 0 aliphatic carbocycles. The zero-order valence-corrected chi connectivity index (χ0v) is 15.6. The number of nitrogens with zero attached hydrogens (tertiary/aromatic N) is 2. The van der Waals surface area contributed by atoms with Crippen LogP contribution in [0.5, 0.6) is 0 Å². The summed E-state index contributed by atoms with van der Waals surface area (Å²) in [4.78, 5) is 6.60. The van der Waals surface area contributed by atoms with Crippen LogP contribution in [-0.4, -0.2) is 20.4 Å². The molecule has 0 atom stereocenters. The third-order valence-electron chi connectivity index (χ3n) is 3.99.